The molecule has 6 nitrogen and oxygen atoms in total. The number of epoxide rings is 2. The van der Waals surface area contributed by atoms with Crippen LogP contribution in [-0.4, -0.2) is 33.7 Å². The molecule has 0 bridgehead atoms. The predicted octanol–water partition coefficient (Wildman–Crippen LogP) is -0.611. The first-order valence-electron chi connectivity index (χ1n) is 3.38. The van der Waals surface area contributed by atoms with Gasteiger partial charge in [-0.05, 0) is 0 Å². The van der Waals surface area contributed by atoms with E-state index in [1.165, 1.54) is 0 Å². The van der Waals surface area contributed by atoms with E-state index in [9.17, 15) is 9.59 Å². The molecule has 2 aliphatic heterocycles. The van der Waals surface area contributed by atoms with Gasteiger partial charge in [0.1, 0.15) is 0 Å². The van der Waals surface area contributed by atoms with E-state index in [2.05, 4.69) is 0 Å². The molecule has 0 unspecified atom stereocenters. The largest absolute Gasteiger partial charge is 0.481 e. The molecular formula is C6H6O6. The molecule has 66 valence electrons. The minimum atomic E-state index is -1.50. The number of ether oxygens (including phenoxy) is 2. The Bertz CT molecular complexity index is 263. The summed E-state index contributed by atoms with van der Waals surface area (Å²) < 4.78 is 9.42. The molecule has 6 heteroatoms. The molecule has 2 fully saturated rings. The Balaban J connectivity index is 1.88. The molecule has 12 heavy (non-hydrogen) atoms. The van der Waals surface area contributed by atoms with Gasteiger partial charge in [-0.25, -0.2) is 4.79 Å². The third kappa shape index (κ3) is 0.705. The topological polar surface area (TPSA) is 99.7 Å². The van der Waals surface area contributed by atoms with Crippen LogP contribution in [0.5, 0.6) is 0 Å². The van der Waals surface area contributed by atoms with Crippen molar-refractivity contribution >= 4 is 11.9 Å². The molecule has 0 saturated carbocycles. The van der Waals surface area contributed by atoms with Crippen molar-refractivity contribution in [2.24, 2.45) is 0 Å². The van der Waals surface area contributed by atoms with Gasteiger partial charge in [0.2, 0.25) is 5.79 Å². The van der Waals surface area contributed by atoms with E-state index in [1.807, 2.05) is 0 Å². The van der Waals surface area contributed by atoms with Crippen LogP contribution in [0.4, 0.5) is 0 Å². The number of carboxylic acids is 2. The molecule has 0 aliphatic carbocycles. The lowest BCUT2D eigenvalue weighted by atomic mass is 10.2. The Labute approximate surface area is 66.7 Å². The third-order valence-electron chi connectivity index (χ3n) is 1.98. The van der Waals surface area contributed by atoms with E-state index in [0.717, 1.165) is 0 Å². The van der Waals surface area contributed by atoms with Gasteiger partial charge in [0.25, 0.3) is 0 Å². The number of carboxylic acid groups (broad SMARTS) is 2. The fourth-order valence-corrected chi connectivity index (χ4v) is 1.21. The zero-order chi connectivity index (χ0) is 8.98. The summed E-state index contributed by atoms with van der Waals surface area (Å²) in [4.78, 5) is 20.5. The fraction of sp³-hybridized carbons (Fsp3) is 0.667. The number of hydrogen-bond acceptors (Lipinski definition) is 4. The van der Waals surface area contributed by atoms with Crippen LogP contribution in [0, 0.1) is 0 Å². The van der Waals surface area contributed by atoms with Crippen LogP contribution in [-0.2, 0) is 19.1 Å². The summed E-state index contributed by atoms with van der Waals surface area (Å²) in [6.07, 6.45) is -0.0519. The Morgan fingerprint density at radius 3 is 2.17 bits per heavy atom. The highest BCUT2D eigenvalue weighted by molar-refractivity contribution is 5.84. The second-order valence-corrected chi connectivity index (χ2v) is 2.77. The van der Waals surface area contributed by atoms with Gasteiger partial charge < -0.3 is 10.2 Å². The van der Waals surface area contributed by atoms with Crippen LogP contribution in [0.1, 0.15) is 12.8 Å². The highest BCUT2D eigenvalue weighted by atomic mass is 17.1. The second kappa shape index (κ2) is 1.78. The Hall–Kier alpha value is -1.14. The van der Waals surface area contributed by atoms with Crippen molar-refractivity contribution in [3.63, 3.8) is 0 Å². The molecule has 0 aromatic carbocycles. The van der Waals surface area contributed by atoms with E-state index < -0.39 is 23.5 Å². The molecule has 2 saturated heterocycles. The summed E-state index contributed by atoms with van der Waals surface area (Å²) in [7, 11) is 0. The van der Waals surface area contributed by atoms with E-state index >= 15 is 0 Å². The standard InChI is InChI=1S/C6H6O6/c7-3(8)1-2-5-6(11-5,12-5)4(9)10/h1-2H2,(H,7,8)(H,9,10). The lowest BCUT2D eigenvalue weighted by Gasteiger charge is -1.95. The first kappa shape index (κ1) is 7.51. The van der Waals surface area contributed by atoms with Crippen LogP contribution in [0.2, 0.25) is 0 Å². The average molecular weight is 174 g/mol. The molecule has 0 radical (unpaired) electrons. The molecule has 2 heterocycles. The Morgan fingerprint density at radius 2 is 1.83 bits per heavy atom. The van der Waals surface area contributed by atoms with Gasteiger partial charge in [0.05, 0.1) is 6.42 Å². The number of aliphatic carboxylic acids is 2. The quantitative estimate of drug-likeness (QED) is 0.551. The van der Waals surface area contributed by atoms with Crippen molar-refractivity contribution in [3.8, 4) is 0 Å². The number of rotatable bonds is 4. The van der Waals surface area contributed by atoms with Gasteiger partial charge in [-0.3, -0.25) is 14.3 Å². The van der Waals surface area contributed by atoms with Crippen molar-refractivity contribution in [1.82, 2.24) is 0 Å². The highest BCUT2D eigenvalue weighted by Crippen LogP contribution is 2.69. The van der Waals surface area contributed by atoms with Gasteiger partial charge in [0.15, 0.2) is 0 Å². The zero-order valence-electron chi connectivity index (χ0n) is 5.94. The van der Waals surface area contributed by atoms with Crippen LogP contribution in [0.25, 0.3) is 0 Å². The van der Waals surface area contributed by atoms with Gasteiger partial charge in [-0.1, -0.05) is 0 Å². The normalized spacial score (nSPS) is 41.7. The van der Waals surface area contributed by atoms with Gasteiger partial charge in [0, 0.05) is 6.42 Å². The molecule has 2 rings (SSSR count). The summed E-state index contributed by atoms with van der Waals surface area (Å²) in [5, 5.41) is 16.8. The van der Waals surface area contributed by atoms with Crippen LogP contribution in [0.15, 0.2) is 0 Å². The number of carbonyl (C=O) groups is 2. The lowest BCUT2D eigenvalue weighted by Crippen LogP contribution is -2.13. The third-order valence-corrected chi connectivity index (χ3v) is 1.98. The molecule has 0 amide bonds. The molecule has 0 atom stereocenters. The van der Waals surface area contributed by atoms with E-state index in [1.54, 1.807) is 0 Å². The maximum atomic E-state index is 10.4. The fourth-order valence-electron chi connectivity index (χ4n) is 1.21. The number of fused-ring (bicyclic) bond motifs is 1. The monoisotopic (exact) mass is 174 g/mol. The maximum absolute atomic E-state index is 10.4. The second-order valence-electron chi connectivity index (χ2n) is 2.77. The molecule has 0 aromatic rings. The lowest BCUT2D eigenvalue weighted by molar-refractivity contribution is -0.166. The summed E-state index contributed by atoms with van der Waals surface area (Å²) in [6.45, 7) is 0. The van der Waals surface area contributed by atoms with Crippen molar-refractivity contribution < 1.29 is 29.3 Å². The van der Waals surface area contributed by atoms with Crippen molar-refractivity contribution in [1.29, 1.82) is 0 Å². The van der Waals surface area contributed by atoms with Gasteiger partial charge >= 0.3 is 17.7 Å². The van der Waals surface area contributed by atoms with Crippen LogP contribution < -0.4 is 0 Å². The smallest absolute Gasteiger partial charge is 0.370 e. The molecule has 2 N–H and O–H groups in total. The van der Waals surface area contributed by atoms with Gasteiger partial charge in [-0.2, -0.15) is 0 Å². The molecule has 2 aliphatic rings. The molecule has 0 spiro atoms. The minimum absolute atomic E-state index is 0.0919. The number of hydrogen-bond donors (Lipinski definition) is 2. The van der Waals surface area contributed by atoms with Crippen molar-refractivity contribution in [3.05, 3.63) is 0 Å². The molecule has 0 aromatic heterocycles. The van der Waals surface area contributed by atoms with Crippen molar-refractivity contribution in [2.75, 3.05) is 0 Å². The summed E-state index contributed by atoms with van der Waals surface area (Å²) in [6, 6.07) is 0. The summed E-state index contributed by atoms with van der Waals surface area (Å²) in [5.41, 5.74) is 0. The highest BCUT2D eigenvalue weighted by Gasteiger charge is 2.95. The Morgan fingerprint density at radius 1 is 1.25 bits per heavy atom. The van der Waals surface area contributed by atoms with Gasteiger partial charge in [-0.15, -0.1) is 0 Å². The van der Waals surface area contributed by atoms with Crippen molar-refractivity contribution in [2.45, 2.75) is 24.4 Å². The average Bonchev–Trinajstić information content (AvgIpc) is 2.66. The maximum Gasteiger partial charge on any atom is 0.370 e. The van der Waals surface area contributed by atoms with Crippen LogP contribution >= 0.6 is 0 Å². The van der Waals surface area contributed by atoms with E-state index in [4.69, 9.17) is 19.7 Å². The summed E-state index contributed by atoms with van der Waals surface area (Å²) >= 11 is 0. The molecular weight excluding hydrogens is 168 g/mol. The first-order chi connectivity index (χ1) is 5.52. The first-order valence-corrected chi connectivity index (χ1v) is 3.38. The van der Waals surface area contributed by atoms with Crippen LogP contribution in [0.3, 0.4) is 0 Å². The van der Waals surface area contributed by atoms with E-state index in [0.29, 0.717) is 0 Å². The zero-order valence-corrected chi connectivity index (χ0v) is 5.94. The van der Waals surface area contributed by atoms with E-state index in [-0.39, 0.29) is 12.8 Å². The Kier molecular flexibility index (Phi) is 1.11. The minimum Gasteiger partial charge on any atom is -0.481 e. The summed E-state index contributed by atoms with van der Waals surface area (Å²) in [5.74, 6) is -4.79. The predicted molar refractivity (Wildman–Crippen MR) is 32.1 cm³/mol. The SMILES string of the molecule is O=C(O)CCC12OC1(C(=O)O)O2.